The summed E-state index contributed by atoms with van der Waals surface area (Å²) in [6.07, 6.45) is 1.49. The Labute approximate surface area is 156 Å². The van der Waals surface area contributed by atoms with E-state index in [1.807, 2.05) is 19.1 Å². The third-order valence-corrected chi connectivity index (χ3v) is 5.53. The van der Waals surface area contributed by atoms with Gasteiger partial charge in [0.05, 0.1) is 18.2 Å². The summed E-state index contributed by atoms with van der Waals surface area (Å²) in [6, 6.07) is 5.03. The molecule has 4 rings (SSSR count). The number of rotatable bonds is 2. The first-order chi connectivity index (χ1) is 12.6. The number of ether oxygens (including phenoxy) is 1. The Morgan fingerprint density at radius 2 is 1.96 bits per heavy atom. The maximum atomic E-state index is 13.1. The molecule has 0 spiro atoms. The topological polar surface area (TPSA) is 63.0 Å². The van der Waals surface area contributed by atoms with Crippen LogP contribution in [0, 0.1) is 6.92 Å². The predicted molar refractivity (Wildman–Crippen MR) is 97.4 cm³/mol. The number of halogens is 1. The van der Waals surface area contributed by atoms with Gasteiger partial charge in [0.15, 0.2) is 11.3 Å². The molecular formula is C19H21ClN2O4. The molecule has 26 heavy (non-hydrogen) atoms. The molecule has 0 N–H and O–H groups in total. The summed E-state index contributed by atoms with van der Waals surface area (Å²) < 4.78 is 11.1. The molecule has 3 heterocycles. The molecule has 1 aromatic heterocycles. The molecule has 7 heteroatoms. The van der Waals surface area contributed by atoms with E-state index < -0.39 is 6.04 Å². The summed E-state index contributed by atoms with van der Waals surface area (Å²) in [5.41, 5.74) is 1.28. The number of nitrogens with zero attached hydrogens (tertiary/aromatic N) is 2. The fourth-order valence-corrected chi connectivity index (χ4v) is 4.02. The Morgan fingerprint density at radius 1 is 1.19 bits per heavy atom. The van der Waals surface area contributed by atoms with Crippen molar-refractivity contribution in [1.29, 1.82) is 0 Å². The predicted octanol–water partition coefficient (Wildman–Crippen LogP) is 2.86. The number of amides is 2. The van der Waals surface area contributed by atoms with E-state index in [9.17, 15) is 9.59 Å². The number of morpholine rings is 1. The number of benzene rings is 1. The van der Waals surface area contributed by atoms with E-state index >= 15 is 0 Å². The number of hydrogen-bond acceptors (Lipinski definition) is 4. The summed E-state index contributed by atoms with van der Waals surface area (Å²) in [5, 5.41) is 1.31. The Kier molecular flexibility index (Phi) is 4.63. The van der Waals surface area contributed by atoms with Crippen LogP contribution in [0.5, 0.6) is 0 Å². The van der Waals surface area contributed by atoms with Crippen LogP contribution < -0.4 is 0 Å². The molecule has 138 valence electrons. The van der Waals surface area contributed by atoms with Crippen molar-refractivity contribution in [1.82, 2.24) is 9.80 Å². The largest absolute Gasteiger partial charge is 0.449 e. The number of likely N-dealkylation sites (tertiary alicyclic amines) is 1. The first kappa shape index (κ1) is 17.4. The van der Waals surface area contributed by atoms with Gasteiger partial charge in [0.2, 0.25) is 5.91 Å². The summed E-state index contributed by atoms with van der Waals surface area (Å²) >= 11 is 6.20. The molecule has 2 aromatic rings. The minimum atomic E-state index is -0.427. The molecule has 2 amide bonds. The molecule has 2 aliphatic rings. The van der Waals surface area contributed by atoms with E-state index in [0.29, 0.717) is 49.9 Å². The van der Waals surface area contributed by atoms with Crippen LogP contribution in [-0.2, 0) is 9.53 Å². The maximum absolute atomic E-state index is 13.1. The Balaban J connectivity index is 1.62. The van der Waals surface area contributed by atoms with Gasteiger partial charge in [-0.05, 0) is 25.8 Å². The van der Waals surface area contributed by atoms with Crippen molar-refractivity contribution < 1.29 is 18.7 Å². The Morgan fingerprint density at radius 3 is 2.69 bits per heavy atom. The number of carbonyl (C=O) groups excluding carboxylic acids is 2. The first-order valence-corrected chi connectivity index (χ1v) is 9.31. The minimum Gasteiger partial charge on any atom is -0.449 e. The quantitative estimate of drug-likeness (QED) is 0.808. The van der Waals surface area contributed by atoms with Crippen LogP contribution in [0.3, 0.4) is 0 Å². The highest BCUT2D eigenvalue weighted by molar-refractivity contribution is 6.35. The monoisotopic (exact) mass is 376 g/mol. The zero-order chi connectivity index (χ0) is 18.3. The second-order valence-electron chi connectivity index (χ2n) is 6.77. The van der Waals surface area contributed by atoms with Crippen molar-refractivity contribution in [2.75, 3.05) is 32.8 Å². The lowest BCUT2D eigenvalue weighted by Crippen LogP contribution is -2.51. The molecular weight excluding hydrogens is 356 g/mol. The maximum Gasteiger partial charge on any atom is 0.290 e. The van der Waals surface area contributed by atoms with Gasteiger partial charge in [-0.2, -0.15) is 0 Å². The second kappa shape index (κ2) is 6.93. The molecule has 0 radical (unpaired) electrons. The van der Waals surface area contributed by atoms with E-state index in [-0.39, 0.29) is 17.6 Å². The van der Waals surface area contributed by atoms with Gasteiger partial charge in [0, 0.05) is 30.6 Å². The molecule has 0 unspecified atom stereocenters. The van der Waals surface area contributed by atoms with Crippen molar-refractivity contribution in [3.8, 4) is 0 Å². The van der Waals surface area contributed by atoms with Crippen LogP contribution >= 0.6 is 11.6 Å². The van der Waals surface area contributed by atoms with Gasteiger partial charge in [-0.3, -0.25) is 9.59 Å². The average Bonchev–Trinajstić information content (AvgIpc) is 3.28. The highest BCUT2D eigenvalue weighted by atomic mass is 35.5. The van der Waals surface area contributed by atoms with Gasteiger partial charge in [0.25, 0.3) is 5.91 Å². The van der Waals surface area contributed by atoms with Crippen LogP contribution in [0.4, 0.5) is 0 Å². The van der Waals surface area contributed by atoms with Gasteiger partial charge in [-0.15, -0.1) is 0 Å². The van der Waals surface area contributed by atoms with E-state index in [0.717, 1.165) is 17.4 Å². The molecule has 0 bridgehead atoms. The molecule has 6 nitrogen and oxygen atoms in total. The van der Waals surface area contributed by atoms with Gasteiger partial charge < -0.3 is 19.0 Å². The van der Waals surface area contributed by atoms with Crippen molar-refractivity contribution in [3.63, 3.8) is 0 Å². The molecule has 0 saturated carbocycles. The number of furan rings is 1. The van der Waals surface area contributed by atoms with E-state index in [2.05, 4.69) is 0 Å². The summed E-state index contributed by atoms with van der Waals surface area (Å²) in [7, 11) is 0. The SMILES string of the molecule is Cc1c(C(=O)N2CCC[C@@H]2C(=O)N2CCOCC2)oc2c(Cl)cccc12. The van der Waals surface area contributed by atoms with Crippen molar-refractivity contribution in [2.24, 2.45) is 0 Å². The number of hydrogen-bond donors (Lipinski definition) is 0. The Hall–Kier alpha value is -2.05. The molecule has 1 aromatic carbocycles. The summed E-state index contributed by atoms with van der Waals surface area (Å²) in [4.78, 5) is 29.5. The molecule has 1 atom stereocenters. The molecule has 2 fully saturated rings. The van der Waals surface area contributed by atoms with E-state index in [1.165, 1.54) is 0 Å². The highest BCUT2D eigenvalue weighted by Gasteiger charge is 2.39. The second-order valence-corrected chi connectivity index (χ2v) is 7.17. The van der Waals surface area contributed by atoms with Gasteiger partial charge >= 0.3 is 0 Å². The molecule has 2 saturated heterocycles. The van der Waals surface area contributed by atoms with Crippen molar-refractivity contribution >= 4 is 34.4 Å². The van der Waals surface area contributed by atoms with E-state index in [1.54, 1.807) is 15.9 Å². The normalized spacial score (nSPS) is 20.8. The molecule has 0 aliphatic carbocycles. The van der Waals surface area contributed by atoms with Crippen molar-refractivity contribution in [3.05, 3.63) is 34.5 Å². The van der Waals surface area contributed by atoms with Gasteiger partial charge in [-0.25, -0.2) is 0 Å². The lowest BCUT2D eigenvalue weighted by atomic mass is 10.1. The highest BCUT2D eigenvalue weighted by Crippen LogP contribution is 2.32. The summed E-state index contributed by atoms with van der Waals surface area (Å²) in [6.45, 7) is 4.67. The zero-order valence-corrected chi connectivity index (χ0v) is 15.4. The zero-order valence-electron chi connectivity index (χ0n) is 14.7. The number of para-hydroxylation sites is 1. The van der Waals surface area contributed by atoms with Crippen molar-refractivity contribution in [2.45, 2.75) is 25.8 Å². The summed E-state index contributed by atoms with van der Waals surface area (Å²) in [5.74, 6) is 0.0413. The fraction of sp³-hybridized carbons (Fsp3) is 0.474. The first-order valence-electron chi connectivity index (χ1n) is 8.93. The third-order valence-electron chi connectivity index (χ3n) is 5.23. The van der Waals surface area contributed by atoms with Crippen LogP contribution in [0.2, 0.25) is 5.02 Å². The number of carbonyl (C=O) groups is 2. The smallest absolute Gasteiger partial charge is 0.290 e. The average molecular weight is 377 g/mol. The molecule has 2 aliphatic heterocycles. The third kappa shape index (κ3) is 2.87. The van der Waals surface area contributed by atoms with Crippen LogP contribution in [0.1, 0.15) is 29.0 Å². The van der Waals surface area contributed by atoms with Crippen LogP contribution in [-0.4, -0.2) is 60.5 Å². The van der Waals surface area contributed by atoms with Crippen LogP contribution in [0.25, 0.3) is 11.0 Å². The van der Waals surface area contributed by atoms with E-state index in [4.69, 9.17) is 20.8 Å². The fourth-order valence-electron chi connectivity index (χ4n) is 3.80. The minimum absolute atomic E-state index is 0.00551. The lowest BCUT2D eigenvalue weighted by molar-refractivity contribution is -0.139. The number of aryl methyl sites for hydroxylation is 1. The standard InChI is InChI=1S/C19H21ClN2O4/c1-12-13-4-2-5-14(20)17(13)26-16(12)19(24)22-7-3-6-15(22)18(23)21-8-10-25-11-9-21/h2,4-5,15H,3,6-11H2,1H3/t15-/m1/s1. The number of fused-ring (bicyclic) bond motifs is 1. The van der Waals surface area contributed by atoms with Gasteiger partial charge in [-0.1, -0.05) is 23.7 Å². The van der Waals surface area contributed by atoms with Crippen LogP contribution in [0.15, 0.2) is 22.6 Å². The van der Waals surface area contributed by atoms with Gasteiger partial charge in [0.1, 0.15) is 6.04 Å². The Bertz CT molecular complexity index is 857. The lowest BCUT2D eigenvalue weighted by Gasteiger charge is -2.32.